The number of likely N-dealkylation sites (tertiary alicyclic amines) is 1. The van der Waals surface area contributed by atoms with Crippen LogP contribution in [0, 0.1) is 5.82 Å². The van der Waals surface area contributed by atoms with Gasteiger partial charge in [-0.05, 0) is 24.1 Å². The van der Waals surface area contributed by atoms with Crippen molar-refractivity contribution in [1.29, 1.82) is 0 Å². The molecule has 4 fully saturated rings. The molecule has 4 amide bonds. The Kier molecular flexibility index (Phi) is 8.30. The average Bonchev–Trinajstić information content (AvgIpc) is 3.42. The number of aliphatic hydroxyl groups is 2. The lowest BCUT2D eigenvalue weighted by Gasteiger charge is -2.41. The number of hydrogen-bond acceptors (Lipinski definition) is 8. The third-order valence-electron chi connectivity index (χ3n) is 8.15. The Morgan fingerprint density at radius 2 is 1.88 bits per heavy atom. The summed E-state index contributed by atoms with van der Waals surface area (Å²) in [7, 11) is 0. The molecule has 4 N–H and O–H groups in total. The summed E-state index contributed by atoms with van der Waals surface area (Å²) in [5.74, 6) is -2.10. The zero-order chi connectivity index (χ0) is 28.7. The number of hydrogen-bond donors (Lipinski definition) is 4. The van der Waals surface area contributed by atoms with Gasteiger partial charge in [-0.3, -0.25) is 24.1 Å². The van der Waals surface area contributed by atoms with Crippen LogP contribution in [0.25, 0.3) is 0 Å². The van der Waals surface area contributed by atoms with Crippen LogP contribution in [0.2, 0.25) is 5.02 Å². The Labute approximate surface area is 235 Å². The maximum absolute atomic E-state index is 14.2. The van der Waals surface area contributed by atoms with Gasteiger partial charge in [0.2, 0.25) is 23.6 Å². The molecule has 6 bridgehead atoms. The van der Waals surface area contributed by atoms with Gasteiger partial charge in [0.15, 0.2) is 0 Å². The molecule has 0 unspecified atom stereocenters. The van der Waals surface area contributed by atoms with Crippen LogP contribution in [-0.2, 0) is 30.5 Å². The molecule has 1 aromatic rings. The van der Waals surface area contributed by atoms with Gasteiger partial charge in [-0.1, -0.05) is 17.7 Å². The maximum atomic E-state index is 14.2. The number of fused-ring (bicyclic) bond motifs is 6. The molecule has 7 atom stereocenters. The molecule has 5 rings (SSSR count). The molecule has 0 spiro atoms. The molecule has 14 heteroatoms. The first-order valence-electron chi connectivity index (χ1n) is 13.3. The smallest absolute Gasteiger partial charge is 0.244 e. The molecule has 0 aliphatic carbocycles. The summed E-state index contributed by atoms with van der Waals surface area (Å²) < 4.78 is 19.9. The third-order valence-corrected chi connectivity index (χ3v) is 8.45. The molecule has 0 aromatic heterocycles. The van der Waals surface area contributed by atoms with Gasteiger partial charge in [0.1, 0.15) is 30.2 Å². The summed E-state index contributed by atoms with van der Waals surface area (Å²) in [6.45, 7) is 2.04. The third kappa shape index (κ3) is 5.79. The first-order valence-corrected chi connectivity index (χ1v) is 13.7. The van der Waals surface area contributed by atoms with Crippen molar-refractivity contribution in [2.24, 2.45) is 0 Å². The van der Waals surface area contributed by atoms with E-state index in [0.29, 0.717) is 12.1 Å². The normalized spacial score (nSPS) is 33.6. The molecule has 40 heavy (non-hydrogen) atoms. The summed E-state index contributed by atoms with van der Waals surface area (Å²) in [4.78, 5) is 57.1. The lowest BCUT2D eigenvalue weighted by Crippen LogP contribution is -2.63. The largest absolute Gasteiger partial charge is 0.388 e. The lowest BCUT2D eigenvalue weighted by molar-refractivity contribution is -0.149. The van der Waals surface area contributed by atoms with Crippen LogP contribution in [0.5, 0.6) is 0 Å². The lowest BCUT2D eigenvalue weighted by atomic mass is 10.0. The highest BCUT2D eigenvalue weighted by molar-refractivity contribution is 6.30. The molecule has 12 nitrogen and oxygen atoms in total. The zero-order valence-electron chi connectivity index (χ0n) is 22.0. The summed E-state index contributed by atoms with van der Waals surface area (Å²) >= 11 is 5.83. The van der Waals surface area contributed by atoms with Crippen LogP contribution in [0.15, 0.2) is 18.2 Å². The van der Waals surface area contributed by atoms with Gasteiger partial charge >= 0.3 is 0 Å². The maximum Gasteiger partial charge on any atom is 0.244 e. The van der Waals surface area contributed by atoms with Gasteiger partial charge in [0.05, 0.1) is 30.1 Å². The first-order chi connectivity index (χ1) is 19.0. The fourth-order valence-corrected chi connectivity index (χ4v) is 6.18. The molecule has 218 valence electrons. The number of aliphatic hydroxyl groups excluding tert-OH is 2. The predicted molar refractivity (Wildman–Crippen MR) is 138 cm³/mol. The number of halogens is 2. The molecule has 4 heterocycles. The van der Waals surface area contributed by atoms with Crippen molar-refractivity contribution in [1.82, 2.24) is 25.3 Å². The molecule has 0 radical (unpaired) electrons. The van der Waals surface area contributed by atoms with E-state index in [2.05, 4.69) is 10.6 Å². The SMILES string of the molecule is CC(=O)N1CCN2C[C@H]1C(=O)NC[C@H]1O[C@@H](CC(=O)N[C@H]3C[C@@H](C2=O)N(Cc2ccc(Cl)c(F)c2)C3)[C@H](O)[C@@H]1O. The van der Waals surface area contributed by atoms with Crippen LogP contribution in [0.4, 0.5) is 4.39 Å². The van der Waals surface area contributed by atoms with Crippen LogP contribution in [-0.4, -0.2) is 124 Å². The molecular formula is C26H33ClFN5O7. The van der Waals surface area contributed by atoms with Crippen molar-refractivity contribution >= 4 is 35.2 Å². The Morgan fingerprint density at radius 1 is 1.12 bits per heavy atom. The minimum absolute atomic E-state index is 0.0170. The zero-order valence-corrected chi connectivity index (χ0v) is 22.7. The second-order valence-corrected chi connectivity index (χ2v) is 11.3. The quantitative estimate of drug-likeness (QED) is 0.333. The highest BCUT2D eigenvalue weighted by Crippen LogP contribution is 2.27. The van der Waals surface area contributed by atoms with E-state index in [1.807, 2.05) is 4.90 Å². The molecular weight excluding hydrogens is 549 g/mol. The molecule has 4 saturated heterocycles. The number of ether oxygens (including phenoxy) is 1. The van der Waals surface area contributed by atoms with Gasteiger partial charge < -0.3 is 35.4 Å². The molecule has 1 aromatic carbocycles. The van der Waals surface area contributed by atoms with Gasteiger partial charge in [0.25, 0.3) is 0 Å². The fraction of sp³-hybridized carbons (Fsp3) is 0.615. The second kappa shape index (κ2) is 11.6. The van der Waals surface area contributed by atoms with E-state index >= 15 is 0 Å². The van der Waals surface area contributed by atoms with E-state index in [1.54, 1.807) is 11.0 Å². The highest BCUT2D eigenvalue weighted by Gasteiger charge is 2.46. The van der Waals surface area contributed by atoms with E-state index in [9.17, 15) is 33.8 Å². The topological polar surface area (TPSA) is 152 Å². The van der Waals surface area contributed by atoms with Crippen LogP contribution >= 0.6 is 11.6 Å². The minimum atomic E-state index is -1.34. The van der Waals surface area contributed by atoms with Gasteiger partial charge in [-0.2, -0.15) is 0 Å². The van der Waals surface area contributed by atoms with Gasteiger partial charge in [-0.25, -0.2) is 4.39 Å². The summed E-state index contributed by atoms with van der Waals surface area (Å²) in [5, 5.41) is 26.5. The van der Waals surface area contributed by atoms with Crippen molar-refractivity contribution in [3.05, 3.63) is 34.6 Å². The Balaban J connectivity index is 1.43. The number of piperazine rings is 1. The van der Waals surface area contributed by atoms with Crippen molar-refractivity contribution < 1.29 is 38.5 Å². The Morgan fingerprint density at radius 3 is 2.60 bits per heavy atom. The average molecular weight is 582 g/mol. The summed E-state index contributed by atoms with van der Waals surface area (Å²) in [6, 6.07) is 2.35. The van der Waals surface area contributed by atoms with Gasteiger partial charge in [-0.15, -0.1) is 0 Å². The fourth-order valence-electron chi connectivity index (χ4n) is 6.06. The molecule has 0 saturated carbocycles. The number of benzene rings is 1. The molecule has 4 aliphatic rings. The highest BCUT2D eigenvalue weighted by atomic mass is 35.5. The number of nitrogens with one attached hydrogen (secondary N) is 2. The van der Waals surface area contributed by atoms with Crippen LogP contribution in [0.1, 0.15) is 25.3 Å². The van der Waals surface area contributed by atoms with E-state index in [-0.39, 0.29) is 62.4 Å². The van der Waals surface area contributed by atoms with Crippen molar-refractivity contribution in [3.63, 3.8) is 0 Å². The van der Waals surface area contributed by atoms with Gasteiger partial charge in [0, 0.05) is 45.7 Å². The van der Waals surface area contributed by atoms with E-state index < -0.39 is 60.2 Å². The number of carbonyl (C=O) groups excluding carboxylic acids is 4. The number of carbonyl (C=O) groups is 4. The monoisotopic (exact) mass is 581 g/mol. The van der Waals surface area contributed by atoms with Crippen molar-refractivity contribution in [2.75, 3.05) is 32.7 Å². The van der Waals surface area contributed by atoms with Crippen LogP contribution in [0.3, 0.4) is 0 Å². The molecule has 4 aliphatic heterocycles. The standard InChI is InChI=1S/C26H33ClFN5O7/c1-13(34)33-5-4-31-12-19(33)25(38)29-9-21-24(37)23(36)20(40-21)8-22(35)30-15-7-18(26(31)39)32(11-15)10-14-2-3-16(27)17(28)6-14/h2-3,6,15,18-21,23-24,36-37H,4-5,7-12H2,1H3,(H,29,38)(H,30,35)/t15-,18-,19-,20-,21+,23-,24+/m0/s1. The minimum Gasteiger partial charge on any atom is -0.388 e. The second-order valence-electron chi connectivity index (χ2n) is 10.8. The van der Waals surface area contributed by atoms with E-state index in [0.717, 1.165) is 0 Å². The predicted octanol–water partition coefficient (Wildman–Crippen LogP) is -1.39. The van der Waals surface area contributed by atoms with E-state index in [1.165, 1.54) is 24.0 Å². The van der Waals surface area contributed by atoms with Crippen molar-refractivity contribution in [3.8, 4) is 0 Å². The van der Waals surface area contributed by atoms with Crippen molar-refractivity contribution in [2.45, 2.75) is 68.9 Å². The van der Waals surface area contributed by atoms with E-state index in [4.69, 9.17) is 16.3 Å². The first kappa shape index (κ1) is 28.7. The Hall–Kier alpha value is -2.84. The van der Waals surface area contributed by atoms with Crippen LogP contribution < -0.4 is 10.6 Å². The number of rotatable bonds is 2. The summed E-state index contributed by atoms with van der Waals surface area (Å²) in [6.07, 6.45) is -4.57. The Bertz CT molecular complexity index is 1190. The number of nitrogens with zero attached hydrogens (tertiary/aromatic N) is 3. The number of amides is 4. The summed E-state index contributed by atoms with van der Waals surface area (Å²) in [5.41, 5.74) is 0.596.